The summed E-state index contributed by atoms with van der Waals surface area (Å²) in [6.07, 6.45) is 0. The van der Waals surface area contributed by atoms with E-state index in [9.17, 15) is 9.18 Å². The van der Waals surface area contributed by atoms with Gasteiger partial charge in [-0.05, 0) is 47.2 Å². The maximum Gasteiger partial charge on any atom is 0.255 e. The van der Waals surface area contributed by atoms with E-state index in [1.54, 1.807) is 13.2 Å². The van der Waals surface area contributed by atoms with Crippen molar-refractivity contribution in [2.45, 2.75) is 6.04 Å². The monoisotopic (exact) mass is 403 g/mol. The van der Waals surface area contributed by atoms with Gasteiger partial charge in [0, 0.05) is 11.3 Å². The number of benzene rings is 3. The van der Waals surface area contributed by atoms with Gasteiger partial charge in [-0.15, -0.1) is 15.0 Å². The van der Waals surface area contributed by atoms with Crippen molar-refractivity contribution in [3.05, 3.63) is 90.2 Å². The lowest BCUT2D eigenvalue weighted by molar-refractivity contribution is -0.118. The molecule has 0 radical (unpaired) electrons. The molecule has 0 spiro atoms. The Morgan fingerprint density at radius 1 is 1.03 bits per heavy atom. The van der Waals surface area contributed by atoms with Crippen molar-refractivity contribution in [2.75, 3.05) is 12.4 Å². The maximum atomic E-state index is 13.2. The zero-order valence-electron chi connectivity index (χ0n) is 16.1. The number of nitrogens with zero attached hydrogens (tertiary/aromatic N) is 4. The van der Waals surface area contributed by atoms with Crippen LogP contribution < -0.4 is 10.1 Å². The third kappa shape index (κ3) is 4.17. The first-order chi connectivity index (χ1) is 14.6. The zero-order chi connectivity index (χ0) is 20.9. The Bertz CT molecular complexity index is 1150. The van der Waals surface area contributed by atoms with E-state index >= 15 is 0 Å². The SMILES string of the molecule is COc1cccc(-c2nnn([C@@H](C(=O)Nc3ccc(F)cc3)c3ccccc3)n2)c1. The van der Waals surface area contributed by atoms with Gasteiger partial charge in [0.15, 0.2) is 6.04 Å². The second kappa shape index (κ2) is 8.52. The highest BCUT2D eigenvalue weighted by Gasteiger charge is 2.26. The van der Waals surface area contributed by atoms with Crippen molar-refractivity contribution in [3.8, 4) is 17.1 Å². The first-order valence-corrected chi connectivity index (χ1v) is 9.19. The molecule has 0 aliphatic carbocycles. The predicted octanol–water partition coefficient (Wildman–Crippen LogP) is 3.72. The summed E-state index contributed by atoms with van der Waals surface area (Å²) in [7, 11) is 1.58. The third-order valence-electron chi connectivity index (χ3n) is 4.46. The zero-order valence-corrected chi connectivity index (χ0v) is 16.1. The molecule has 3 aromatic carbocycles. The van der Waals surface area contributed by atoms with Crippen LogP contribution in [-0.2, 0) is 4.79 Å². The van der Waals surface area contributed by atoms with E-state index in [4.69, 9.17) is 4.74 Å². The normalized spacial score (nSPS) is 11.7. The molecular formula is C22H18FN5O2. The van der Waals surface area contributed by atoms with Crippen LogP contribution in [-0.4, -0.2) is 33.2 Å². The fraction of sp³-hybridized carbons (Fsp3) is 0.0909. The van der Waals surface area contributed by atoms with Gasteiger partial charge < -0.3 is 10.1 Å². The first kappa shape index (κ1) is 19.3. The number of methoxy groups -OCH3 is 1. The van der Waals surface area contributed by atoms with Crippen molar-refractivity contribution >= 4 is 11.6 Å². The highest BCUT2D eigenvalue weighted by Crippen LogP contribution is 2.23. The Hall–Kier alpha value is -4.07. The Balaban J connectivity index is 1.67. The number of tetrazole rings is 1. The van der Waals surface area contributed by atoms with Gasteiger partial charge in [0.05, 0.1) is 7.11 Å². The maximum absolute atomic E-state index is 13.2. The largest absolute Gasteiger partial charge is 0.497 e. The molecule has 0 aliphatic heterocycles. The molecule has 0 aliphatic rings. The molecule has 7 nitrogen and oxygen atoms in total. The molecule has 0 saturated heterocycles. The van der Waals surface area contributed by atoms with Gasteiger partial charge in [-0.25, -0.2) is 4.39 Å². The summed E-state index contributed by atoms with van der Waals surface area (Å²) in [6.45, 7) is 0. The van der Waals surface area contributed by atoms with Crippen molar-refractivity contribution in [2.24, 2.45) is 0 Å². The van der Waals surface area contributed by atoms with E-state index < -0.39 is 6.04 Å². The van der Waals surface area contributed by atoms with E-state index in [1.807, 2.05) is 48.5 Å². The number of nitrogens with one attached hydrogen (secondary N) is 1. The lowest BCUT2D eigenvalue weighted by atomic mass is 10.1. The number of hydrogen-bond donors (Lipinski definition) is 1. The number of carbonyl (C=O) groups is 1. The number of hydrogen-bond acceptors (Lipinski definition) is 5. The molecule has 1 N–H and O–H groups in total. The second-order valence-corrected chi connectivity index (χ2v) is 6.47. The number of halogens is 1. The average Bonchev–Trinajstić information content (AvgIpc) is 3.26. The lowest BCUT2D eigenvalue weighted by Gasteiger charge is -2.16. The van der Waals surface area contributed by atoms with Gasteiger partial charge in [0.1, 0.15) is 11.6 Å². The number of ether oxygens (including phenoxy) is 1. The smallest absolute Gasteiger partial charge is 0.255 e. The summed E-state index contributed by atoms with van der Waals surface area (Å²) in [5.74, 6) is 0.276. The highest BCUT2D eigenvalue weighted by molar-refractivity contribution is 5.95. The fourth-order valence-electron chi connectivity index (χ4n) is 2.98. The van der Waals surface area contributed by atoms with Gasteiger partial charge in [-0.1, -0.05) is 42.5 Å². The summed E-state index contributed by atoms with van der Waals surface area (Å²) < 4.78 is 18.4. The van der Waals surface area contributed by atoms with E-state index in [0.717, 1.165) is 0 Å². The molecule has 30 heavy (non-hydrogen) atoms. The van der Waals surface area contributed by atoms with E-state index in [-0.39, 0.29) is 11.7 Å². The van der Waals surface area contributed by atoms with Crippen LogP contribution in [0.4, 0.5) is 10.1 Å². The first-order valence-electron chi connectivity index (χ1n) is 9.19. The molecule has 8 heteroatoms. The summed E-state index contributed by atoms with van der Waals surface area (Å²) in [4.78, 5) is 14.4. The van der Waals surface area contributed by atoms with Crippen LogP contribution in [0.3, 0.4) is 0 Å². The molecule has 150 valence electrons. The van der Waals surface area contributed by atoms with Crippen molar-refractivity contribution < 1.29 is 13.9 Å². The summed E-state index contributed by atoms with van der Waals surface area (Å²) in [5, 5.41) is 15.4. The van der Waals surface area contributed by atoms with Crippen molar-refractivity contribution in [3.63, 3.8) is 0 Å². The number of anilines is 1. The Labute approximate surface area is 172 Å². The molecule has 1 amide bonds. The molecular weight excluding hydrogens is 385 g/mol. The van der Waals surface area contributed by atoms with Crippen LogP contribution in [0.2, 0.25) is 0 Å². The highest BCUT2D eigenvalue weighted by atomic mass is 19.1. The van der Waals surface area contributed by atoms with Gasteiger partial charge in [0.2, 0.25) is 5.82 Å². The molecule has 4 aromatic rings. The molecule has 0 bridgehead atoms. The van der Waals surface area contributed by atoms with Crippen molar-refractivity contribution in [1.82, 2.24) is 20.2 Å². The quantitative estimate of drug-likeness (QED) is 0.531. The molecule has 1 atom stereocenters. The van der Waals surface area contributed by atoms with Crippen LogP contribution >= 0.6 is 0 Å². The summed E-state index contributed by atoms with van der Waals surface area (Å²) in [6, 6.07) is 21.1. The lowest BCUT2D eigenvalue weighted by Crippen LogP contribution is -2.28. The Kier molecular flexibility index (Phi) is 5.47. The summed E-state index contributed by atoms with van der Waals surface area (Å²) >= 11 is 0. The summed E-state index contributed by atoms with van der Waals surface area (Å²) in [5.41, 5.74) is 1.87. The Morgan fingerprint density at radius 3 is 2.53 bits per heavy atom. The minimum absolute atomic E-state index is 0.365. The van der Waals surface area contributed by atoms with Crippen LogP contribution in [0.15, 0.2) is 78.9 Å². The van der Waals surface area contributed by atoms with Crippen LogP contribution in [0.1, 0.15) is 11.6 Å². The van der Waals surface area contributed by atoms with Crippen LogP contribution in [0.25, 0.3) is 11.4 Å². The molecule has 1 aromatic heterocycles. The minimum Gasteiger partial charge on any atom is -0.497 e. The Morgan fingerprint density at radius 2 is 1.80 bits per heavy atom. The molecule has 4 rings (SSSR count). The molecule has 0 fully saturated rings. The number of carbonyl (C=O) groups excluding carboxylic acids is 1. The van der Waals surface area contributed by atoms with E-state index in [1.165, 1.54) is 29.1 Å². The minimum atomic E-state index is -0.858. The van der Waals surface area contributed by atoms with Crippen LogP contribution in [0, 0.1) is 5.82 Å². The third-order valence-corrected chi connectivity index (χ3v) is 4.46. The standard InChI is InChI=1S/C22H18FN5O2/c1-30-19-9-5-8-16(14-19)21-25-27-28(26-21)20(15-6-3-2-4-7-15)22(29)24-18-12-10-17(23)11-13-18/h2-14,20H,1H3,(H,24,29)/t20-/m1/s1. The predicted molar refractivity (Wildman–Crippen MR) is 109 cm³/mol. The van der Waals surface area contributed by atoms with Crippen LogP contribution in [0.5, 0.6) is 5.75 Å². The second-order valence-electron chi connectivity index (χ2n) is 6.47. The molecule has 1 heterocycles. The fourth-order valence-corrected chi connectivity index (χ4v) is 2.98. The molecule has 0 saturated carbocycles. The van der Waals surface area contributed by atoms with Gasteiger partial charge in [-0.2, -0.15) is 0 Å². The number of rotatable bonds is 6. The van der Waals surface area contributed by atoms with E-state index in [2.05, 4.69) is 20.7 Å². The number of aromatic nitrogens is 4. The van der Waals surface area contributed by atoms with Gasteiger partial charge in [-0.3, -0.25) is 4.79 Å². The van der Waals surface area contributed by atoms with E-state index in [0.29, 0.717) is 28.4 Å². The van der Waals surface area contributed by atoms with Crippen molar-refractivity contribution in [1.29, 1.82) is 0 Å². The topological polar surface area (TPSA) is 81.9 Å². The van der Waals surface area contributed by atoms with Gasteiger partial charge >= 0.3 is 0 Å². The van der Waals surface area contributed by atoms with Gasteiger partial charge in [0.25, 0.3) is 5.91 Å². The number of amides is 1. The average molecular weight is 403 g/mol. The molecule has 0 unspecified atom stereocenters.